The Bertz CT molecular complexity index is 1420. The van der Waals surface area contributed by atoms with Crippen molar-refractivity contribution in [3.63, 3.8) is 0 Å². The van der Waals surface area contributed by atoms with Crippen LogP contribution in [-0.2, 0) is 28.9 Å². The van der Waals surface area contributed by atoms with Gasteiger partial charge < -0.3 is 16.0 Å². The van der Waals surface area contributed by atoms with E-state index in [0.717, 1.165) is 28.6 Å². The summed E-state index contributed by atoms with van der Waals surface area (Å²) in [5, 5.41) is 10.9. The maximum Gasteiger partial charge on any atom is 0.249 e. The number of aromatic nitrogens is 2. The molecule has 0 saturated heterocycles. The van der Waals surface area contributed by atoms with E-state index in [4.69, 9.17) is 5.73 Å². The van der Waals surface area contributed by atoms with Crippen LogP contribution in [0.1, 0.15) is 22.4 Å². The van der Waals surface area contributed by atoms with Crippen molar-refractivity contribution < 1.29 is 9.59 Å². The molecular formula is C28H27N5O2. The molecular weight excluding hydrogens is 438 g/mol. The molecule has 0 radical (unpaired) electrons. The lowest BCUT2D eigenvalue weighted by Gasteiger charge is -2.25. The molecule has 1 heterocycles. The van der Waals surface area contributed by atoms with Gasteiger partial charge in [0, 0.05) is 24.5 Å². The number of rotatable bonds is 7. The fourth-order valence-electron chi connectivity index (χ4n) is 4.51. The smallest absolute Gasteiger partial charge is 0.249 e. The minimum atomic E-state index is -0.724. The van der Waals surface area contributed by atoms with Gasteiger partial charge in [0.2, 0.25) is 11.8 Å². The Kier molecular flexibility index (Phi) is 6.06. The first-order valence-electron chi connectivity index (χ1n) is 11.6. The zero-order valence-electron chi connectivity index (χ0n) is 19.5. The number of allylic oxidation sites excluding steroid dienone is 1. The zero-order chi connectivity index (χ0) is 24.4. The number of nitrogens with zero attached hydrogens (tertiary/aromatic N) is 2. The number of nitrogens with two attached hydrogens (primary N) is 1. The van der Waals surface area contributed by atoms with Crippen LogP contribution in [0.15, 0.2) is 72.8 Å². The lowest BCUT2D eigenvalue weighted by molar-refractivity contribution is -0.127. The number of carbonyl (C=O) groups excluding carboxylic acids is 2. The number of hydrogen-bond donors (Lipinski definition) is 3. The number of H-pyrrole nitrogens is 1. The van der Waals surface area contributed by atoms with Crippen LogP contribution < -0.4 is 16.0 Å². The molecule has 4 N–H and O–H groups in total. The van der Waals surface area contributed by atoms with Crippen molar-refractivity contribution in [1.29, 1.82) is 0 Å². The summed E-state index contributed by atoms with van der Waals surface area (Å²) in [6.07, 6.45) is 5.54. The summed E-state index contributed by atoms with van der Waals surface area (Å²) in [6, 6.07) is 20.5. The van der Waals surface area contributed by atoms with Gasteiger partial charge in [-0.15, -0.1) is 0 Å². The van der Waals surface area contributed by atoms with Crippen LogP contribution in [0.4, 0.5) is 11.4 Å². The molecule has 1 atom stereocenters. The summed E-state index contributed by atoms with van der Waals surface area (Å²) in [7, 11) is 1.75. The van der Waals surface area contributed by atoms with Crippen molar-refractivity contribution in [1.82, 2.24) is 15.5 Å². The number of para-hydroxylation sites is 1. The van der Waals surface area contributed by atoms with E-state index in [-0.39, 0.29) is 18.2 Å². The average molecular weight is 466 g/mol. The highest BCUT2D eigenvalue weighted by Gasteiger charge is 2.26. The predicted octanol–water partition coefficient (Wildman–Crippen LogP) is 3.65. The molecule has 2 amide bonds. The Labute approximate surface area is 203 Å². The monoisotopic (exact) mass is 465 g/mol. The van der Waals surface area contributed by atoms with Gasteiger partial charge in [-0.05, 0) is 41.3 Å². The first-order chi connectivity index (χ1) is 17.0. The highest BCUT2D eigenvalue weighted by Crippen LogP contribution is 2.26. The van der Waals surface area contributed by atoms with E-state index in [0.29, 0.717) is 23.3 Å². The first-order valence-corrected chi connectivity index (χ1v) is 11.6. The number of benzene rings is 3. The molecule has 7 heteroatoms. The van der Waals surface area contributed by atoms with Gasteiger partial charge in [-0.25, -0.2) is 0 Å². The topological polar surface area (TPSA) is 104 Å². The molecule has 3 aromatic carbocycles. The molecule has 1 unspecified atom stereocenters. The predicted molar refractivity (Wildman–Crippen MR) is 139 cm³/mol. The van der Waals surface area contributed by atoms with Crippen LogP contribution in [0.3, 0.4) is 0 Å². The molecule has 0 spiro atoms. The SMILES string of the molecule is CN(C(=O)C(Cc1ccccc1)NC(=O)Cc1[nH]nc2c(N)cccc12)c1ccc2c(c1)C=CC2. The van der Waals surface area contributed by atoms with Gasteiger partial charge in [-0.1, -0.05) is 60.7 Å². The summed E-state index contributed by atoms with van der Waals surface area (Å²) in [5.74, 6) is -0.444. The Morgan fingerprint density at radius 1 is 1.11 bits per heavy atom. The largest absolute Gasteiger partial charge is 0.397 e. The highest BCUT2D eigenvalue weighted by atomic mass is 16.2. The second-order valence-corrected chi connectivity index (χ2v) is 8.82. The van der Waals surface area contributed by atoms with Gasteiger partial charge in [0.25, 0.3) is 0 Å². The van der Waals surface area contributed by atoms with Crippen LogP contribution in [0.2, 0.25) is 0 Å². The van der Waals surface area contributed by atoms with E-state index in [1.165, 1.54) is 5.56 Å². The van der Waals surface area contributed by atoms with E-state index < -0.39 is 6.04 Å². The fourth-order valence-corrected chi connectivity index (χ4v) is 4.51. The van der Waals surface area contributed by atoms with Crippen molar-refractivity contribution >= 4 is 40.2 Å². The van der Waals surface area contributed by atoms with Gasteiger partial charge in [0.05, 0.1) is 17.8 Å². The number of carbonyl (C=O) groups is 2. The highest BCUT2D eigenvalue weighted by molar-refractivity contribution is 6.00. The minimum absolute atomic E-state index is 0.0614. The van der Waals surface area contributed by atoms with Crippen LogP contribution in [0, 0.1) is 0 Å². The lowest BCUT2D eigenvalue weighted by atomic mass is 10.0. The Balaban J connectivity index is 1.37. The standard InChI is InChI=1S/C28H27N5O2/c1-33(21-14-13-19-9-5-10-20(19)16-21)28(35)25(15-18-7-3-2-4-8-18)30-26(34)17-24-22-11-6-12-23(29)27(22)32-31-24/h2-8,10-14,16,25H,9,15,17,29H2,1H3,(H,30,34)(H,31,32). The van der Waals surface area contributed by atoms with Crippen molar-refractivity contribution in [3.05, 3.63) is 95.2 Å². The van der Waals surface area contributed by atoms with Crippen LogP contribution in [0.5, 0.6) is 0 Å². The van der Waals surface area contributed by atoms with Crippen LogP contribution in [0.25, 0.3) is 17.0 Å². The summed E-state index contributed by atoms with van der Waals surface area (Å²) in [5.41, 5.74) is 12.0. The van der Waals surface area contributed by atoms with Gasteiger partial charge in [0.15, 0.2) is 0 Å². The van der Waals surface area contributed by atoms with E-state index in [1.54, 1.807) is 18.0 Å². The van der Waals surface area contributed by atoms with Crippen molar-refractivity contribution in [2.75, 3.05) is 17.7 Å². The molecule has 35 heavy (non-hydrogen) atoms. The molecule has 0 fully saturated rings. The molecule has 0 saturated carbocycles. The minimum Gasteiger partial charge on any atom is -0.397 e. The zero-order valence-corrected chi connectivity index (χ0v) is 19.5. The number of hydrogen-bond acceptors (Lipinski definition) is 4. The maximum absolute atomic E-state index is 13.6. The van der Waals surface area contributed by atoms with E-state index in [2.05, 4.69) is 27.7 Å². The molecule has 0 aliphatic heterocycles. The summed E-state index contributed by atoms with van der Waals surface area (Å²) in [6.45, 7) is 0. The van der Waals surface area contributed by atoms with E-state index >= 15 is 0 Å². The van der Waals surface area contributed by atoms with Crippen molar-refractivity contribution in [3.8, 4) is 0 Å². The number of amides is 2. The number of aromatic amines is 1. The van der Waals surface area contributed by atoms with E-state index in [1.807, 2.05) is 60.7 Å². The lowest BCUT2D eigenvalue weighted by Crippen LogP contribution is -2.49. The Morgan fingerprint density at radius 3 is 2.77 bits per heavy atom. The number of nitrogen functional groups attached to an aromatic ring is 1. The second kappa shape index (κ2) is 9.46. The maximum atomic E-state index is 13.6. The molecule has 0 bridgehead atoms. The number of nitrogens with one attached hydrogen (secondary N) is 2. The molecule has 4 aromatic rings. The summed E-state index contributed by atoms with van der Waals surface area (Å²) < 4.78 is 0. The Hall–Kier alpha value is -4.39. The summed E-state index contributed by atoms with van der Waals surface area (Å²) >= 11 is 0. The molecule has 1 aliphatic rings. The number of anilines is 2. The molecule has 5 rings (SSSR count). The average Bonchev–Trinajstić information content (AvgIpc) is 3.51. The van der Waals surface area contributed by atoms with Gasteiger partial charge >= 0.3 is 0 Å². The van der Waals surface area contributed by atoms with Gasteiger partial charge in [-0.2, -0.15) is 5.10 Å². The molecule has 1 aliphatic carbocycles. The summed E-state index contributed by atoms with van der Waals surface area (Å²) in [4.78, 5) is 28.3. The molecule has 1 aromatic heterocycles. The Morgan fingerprint density at radius 2 is 1.94 bits per heavy atom. The third-order valence-electron chi connectivity index (χ3n) is 6.43. The normalized spacial score (nSPS) is 12.9. The molecule has 7 nitrogen and oxygen atoms in total. The van der Waals surface area contributed by atoms with Crippen LogP contribution in [-0.4, -0.2) is 35.1 Å². The second-order valence-electron chi connectivity index (χ2n) is 8.82. The van der Waals surface area contributed by atoms with E-state index in [9.17, 15) is 9.59 Å². The quantitative estimate of drug-likeness (QED) is 0.363. The van der Waals surface area contributed by atoms with Crippen LogP contribution >= 0.6 is 0 Å². The third-order valence-corrected chi connectivity index (χ3v) is 6.43. The third kappa shape index (κ3) is 4.66. The first kappa shape index (κ1) is 22.4. The number of likely N-dealkylation sites (N-methyl/N-ethyl adjacent to an activating group) is 1. The fraction of sp³-hybridized carbons (Fsp3) is 0.179. The van der Waals surface area contributed by atoms with Crippen molar-refractivity contribution in [2.24, 2.45) is 0 Å². The number of fused-ring (bicyclic) bond motifs is 2. The molecule has 176 valence electrons. The van der Waals surface area contributed by atoms with Crippen molar-refractivity contribution in [2.45, 2.75) is 25.3 Å². The van der Waals surface area contributed by atoms with Gasteiger partial charge in [-0.3, -0.25) is 14.7 Å². The van der Waals surface area contributed by atoms with Gasteiger partial charge in [0.1, 0.15) is 11.6 Å².